The van der Waals surface area contributed by atoms with E-state index in [1.165, 1.54) is 37.2 Å². The molecular formula is C28H35F3N6O3. The van der Waals surface area contributed by atoms with Crippen LogP contribution < -0.4 is 15.4 Å². The number of nitriles is 1. The lowest BCUT2D eigenvalue weighted by atomic mass is 9.47. The number of anilines is 2. The maximum absolute atomic E-state index is 12.8. The van der Waals surface area contributed by atoms with Crippen LogP contribution in [0.2, 0.25) is 0 Å². The number of aliphatic hydroxyl groups excluding tert-OH is 2. The van der Waals surface area contributed by atoms with Gasteiger partial charge in [-0.25, -0.2) is 4.98 Å². The summed E-state index contributed by atoms with van der Waals surface area (Å²) >= 11 is 0. The maximum Gasteiger partial charge on any atom is 0.573 e. The second-order valence-electron chi connectivity index (χ2n) is 11.4. The lowest BCUT2D eigenvalue weighted by Crippen LogP contribution is -2.61. The van der Waals surface area contributed by atoms with Gasteiger partial charge in [0.25, 0.3) is 0 Å². The first kappa shape index (κ1) is 28.4. The fraction of sp³-hybridized carbons (Fsp3) is 0.607. The molecule has 4 fully saturated rings. The molecule has 9 nitrogen and oxygen atoms in total. The average molecular weight is 561 g/mol. The SMILES string of the molecule is N#Cc1cnc(NCc2ccccc2OC(F)(F)F)nc1NCC12CC3C[C@@H](C1)C(N(CCO)CCO)[C@@H](C3)C2. The highest BCUT2D eigenvalue weighted by atomic mass is 19.4. The van der Waals surface area contributed by atoms with Crippen molar-refractivity contribution in [2.24, 2.45) is 23.2 Å². The first-order chi connectivity index (χ1) is 19.2. The van der Waals surface area contributed by atoms with Crippen LogP contribution in [0.1, 0.15) is 43.2 Å². The molecular weight excluding hydrogens is 525 g/mol. The van der Waals surface area contributed by atoms with E-state index in [1.54, 1.807) is 6.07 Å². The lowest BCUT2D eigenvalue weighted by molar-refractivity contribution is -0.274. The van der Waals surface area contributed by atoms with Crippen LogP contribution in [0.4, 0.5) is 24.9 Å². The van der Waals surface area contributed by atoms with Gasteiger partial charge in [-0.05, 0) is 61.3 Å². The molecule has 4 aliphatic rings. The number of hydrogen-bond donors (Lipinski definition) is 4. The van der Waals surface area contributed by atoms with Gasteiger partial charge in [0.1, 0.15) is 23.2 Å². The zero-order valence-corrected chi connectivity index (χ0v) is 22.2. The van der Waals surface area contributed by atoms with Crippen molar-refractivity contribution in [3.05, 3.63) is 41.6 Å². The quantitative estimate of drug-likeness (QED) is 0.307. The number of ether oxygens (including phenoxy) is 1. The summed E-state index contributed by atoms with van der Waals surface area (Å²) in [6.45, 7) is 1.97. The molecule has 1 heterocycles. The molecule has 0 saturated heterocycles. The number of aliphatic hydroxyl groups is 2. The Labute approximate surface area is 231 Å². The topological polar surface area (TPSA) is 127 Å². The Morgan fingerprint density at radius 1 is 1.07 bits per heavy atom. The molecule has 0 amide bonds. The van der Waals surface area contributed by atoms with Gasteiger partial charge in [-0.15, -0.1) is 13.2 Å². The van der Waals surface area contributed by atoms with Crippen LogP contribution in [0.15, 0.2) is 30.5 Å². The Morgan fingerprint density at radius 2 is 1.77 bits per heavy atom. The zero-order valence-electron chi connectivity index (χ0n) is 22.2. The summed E-state index contributed by atoms with van der Waals surface area (Å²) < 4.78 is 42.5. The van der Waals surface area contributed by atoms with E-state index in [-0.39, 0.29) is 36.9 Å². The minimum Gasteiger partial charge on any atom is -0.405 e. The molecule has 0 aliphatic heterocycles. The summed E-state index contributed by atoms with van der Waals surface area (Å²) in [6.07, 6.45) is 2.14. The Bertz CT molecular complexity index is 1200. The fourth-order valence-corrected chi connectivity index (χ4v) is 7.65. The number of aromatic nitrogens is 2. The van der Waals surface area contributed by atoms with Crippen molar-refractivity contribution >= 4 is 11.8 Å². The minimum atomic E-state index is -4.80. The number of hydrogen-bond acceptors (Lipinski definition) is 9. The van der Waals surface area contributed by atoms with Crippen LogP contribution in [0, 0.1) is 34.5 Å². The third kappa shape index (κ3) is 6.27. The smallest absolute Gasteiger partial charge is 0.405 e. The van der Waals surface area contributed by atoms with E-state index in [1.807, 2.05) is 0 Å². The molecule has 0 spiro atoms. The van der Waals surface area contributed by atoms with Gasteiger partial charge < -0.3 is 25.6 Å². The highest BCUT2D eigenvalue weighted by Gasteiger charge is 2.56. The molecule has 1 aromatic carbocycles. The van der Waals surface area contributed by atoms with Gasteiger partial charge in [0.15, 0.2) is 0 Å². The molecule has 1 aromatic heterocycles. The normalized spacial score (nSPS) is 27.0. The summed E-state index contributed by atoms with van der Waals surface area (Å²) in [5, 5.41) is 35.2. The first-order valence-corrected chi connectivity index (χ1v) is 13.8. The van der Waals surface area contributed by atoms with Gasteiger partial charge >= 0.3 is 6.36 Å². The fourth-order valence-electron chi connectivity index (χ4n) is 7.65. The van der Waals surface area contributed by atoms with E-state index in [9.17, 15) is 28.6 Å². The molecule has 4 N–H and O–H groups in total. The second kappa shape index (κ2) is 11.8. The molecule has 4 saturated carbocycles. The maximum atomic E-state index is 12.8. The zero-order chi connectivity index (χ0) is 28.3. The predicted octanol–water partition coefficient (Wildman–Crippen LogP) is 3.75. The Balaban J connectivity index is 1.26. The molecule has 216 valence electrons. The minimum absolute atomic E-state index is 0.00609. The van der Waals surface area contributed by atoms with Crippen LogP contribution in [0.3, 0.4) is 0 Å². The number of alkyl halides is 3. The van der Waals surface area contributed by atoms with Gasteiger partial charge in [-0.1, -0.05) is 18.2 Å². The number of rotatable bonds is 12. The predicted molar refractivity (Wildman–Crippen MR) is 141 cm³/mol. The number of nitrogens with one attached hydrogen (secondary N) is 2. The molecule has 0 unspecified atom stereocenters. The number of benzene rings is 1. The van der Waals surface area contributed by atoms with E-state index in [4.69, 9.17) is 0 Å². The van der Waals surface area contributed by atoms with Gasteiger partial charge in [0.05, 0.1) is 19.4 Å². The van der Waals surface area contributed by atoms with Gasteiger partial charge in [0, 0.05) is 37.8 Å². The van der Waals surface area contributed by atoms with Crippen molar-refractivity contribution in [3.8, 4) is 11.8 Å². The van der Waals surface area contributed by atoms with E-state index in [2.05, 4.69) is 36.3 Å². The summed E-state index contributed by atoms with van der Waals surface area (Å²) in [6, 6.07) is 8.36. The van der Waals surface area contributed by atoms with Crippen molar-refractivity contribution in [2.75, 3.05) is 43.5 Å². The van der Waals surface area contributed by atoms with Crippen molar-refractivity contribution < 1.29 is 28.1 Å². The molecule has 2 aromatic rings. The van der Waals surface area contributed by atoms with Crippen molar-refractivity contribution in [2.45, 2.75) is 51.1 Å². The average Bonchev–Trinajstić information content (AvgIpc) is 2.90. The molecule has 2 atom stereocenters. The number of para-hydroxylation sites is 1. The van der Waals surface area contributed by atoms with Crippen molar-refractivity contribution in [1.29, 1.82) is 5.26 Å². The molecule has 40 heavy (non-hydrogen) atoms. The van der Waals surface area contributed by atoms with Crippen LogP contribution in [-0.2, 0) is 6.54 Å². The number of nitrogens with zero attached hydrogens (tertiary/aromatic N) is 4. The van der Waals surface area contributed by atoms with Gasteiger partial charge in [-0.3, -0.25) is 4.90 Å². The first-order valence-electron chi connectivity index (χ1n) is 13.8. The molecule has 6 rings (SSSR count). The van der Waals surface area contributed by atoms with Crippen LogP contribution >= 0.6 is 0 Å². The number of halogens is 3. The standard InChI is InChI=1S/C28H35F3N6O3/c29-28(30,31)40-23-4-2-1-3-19(23)15-33-26-34-16-22(14-32)25(36-26)35-17-27-11-18-9-20(12-27)24(21(10-18)13-27)37(5-7-38)6-8-39/h1-4,16,18,20-21,24,38-39H,5-13,15,17H2,(H2,33,34,35,36)/t18?,20-,21-,24?,27?/m0/s1. The summed E-state index contributed by atoms with van der Waals surface area (Å²) in [7, 11) is 0. The highest BCUT2D eigenvalue weighted by Crippen LogP contribution is 2.61. The van der Waals surface area contributed by atoms with Crippen molar-refractivity contribution in [1.82, 2.24) is 14.9 Å². The van der Waals surface area contributed by atoms with E-state index in [0.717, 1.165) is 19.3 Å². The largest absolute Gasteiger partial charge is 0.573 e. The van der Waals surface area contributed by atoms with E-state index < -0.39 is 6.36 Å². The summed E-state index contributed by atoms with van der Waals surface area (Å²) in [5.74, 6) is 1.95. The molecule has 12 heteroatoms. The van der Waals surface area contributed by atoms with E-state index >= 15 is 0 Å². The lowest BCUT2D eigenvalue weighted by Gasteiger charge is -2.62. The third-order valence-corrected chi connectivity index (χ3v) is 8.72. The third-order valence-electron chi connectivity index (χ3n) is 8.72. The Hall–Kier alpha value is -3.14. The van der Waals surface area contributed by atoms with Gasteiger partial charge in [0.2, 0.25) is 5.95 Å². The summed E-state index contributed by atoms with van der Waals surface area (Å²) in [4.78, 5) is 10.9. The molecule has 4 aliphatic carbocycles. The Kier molecular flexibility index (Phi) is 8.35. The second-order valence-corrected chi connectivity index (χ2v) is 11.4. The van der Waals surface area contributed by atoms with Crippen LogP contribution in [-0.4, -0.2) is 70.3 Å². The summed E-state index contributed by atoms with van der Waals surface area (Å²) in [5.41, 5.74) is 0.670. The Morgan fingerprint density at radius 3 is 2.42 bits per heavy atom. The van der Waals surface area contributed by atoms with Crippen molar-refractivity contribution in [3.63, 3.8) is 0 Å². The van der Waals surface area contributed by atoms with Crippen LogP contribution in [0.5, 0.6) is 5.75 Å². The van der Waals surface area contributed by atoms with E-state index in [0.29, 0.717) is 60.4 Å². The monoisotopic (exact) mass is 560 g/mol. The van der Waals surface area contributed by atoms with Gasteiger partial charge in [-0.2, -0.15) is 10.2 Å². The molecule has 4 bridgehead atoms. The molecule has 0 radical (unpaired) electrons. The van der Waals surface area contributed by atoms with Crippen LogP contribution in [0.25, 0.3) is 0 Å². The highest BCUT2D eigenvalue weighted by molar-refractivity contribution is 5.53.